The lowest BCUT2D eigenvalue weighted by Crippen LogP contribution is -2.21. The molecule has 1 unspecified atom stereocenters. The number of rotatable bonds is 5. The van der Waals surface area contributed by atoms with E-state index in [1.165, 1.54) is 0 Å². The number of methoxy groups -OCH3 is 1. The molecular formula is C22H19ClN4O3. The fourth-order valence-electron chi connectivity index (χ4n) is 3.54. The summed E-state index contributed by atoms with van der Waals surface area (Å²) in [7, 11) is 1.60. The van der Waals surface area contributed by atoms with Crippen LogP contribution in [0.2, 0.25) is 5.02 Å². The number of nitrogens with two attached hydrogens (primary N) is 1. The maximum Gasteiger partial charge on any atom is 0.244 e. The maximum atomic E-state index is 9.73. The molecule has 2 aromatic carbocycles. The molecule has 1 aromatic heterocycles. The summed E-state index contributed by atoms with van der Waals surface area (Å²) in [4.78, 5) is 0. The maximum absolute atomic E-state index is 9.73. The second-order valence-corrected chi connectivity index (χ2v) is 7.25. The van der Waals surface area contributed by atoms with E-state index >= 15 is 0 Å². The van der Waals surface area contributed by atoms with Gasteiger partial charge in [0.15, 0.2) is 0 Å². The van der Waals surface area contributed by atoms with Gasteiger partial charge >= 0.3 is 0 Å². The van der Waals surface area contributed by atoms with Crippen LogP contribution in [0.25, 0.3) is 0 Å². The van der Waals surface area contributed by atoms with Crippen LogP contribution in [-0.4, -0.2) is 17.3 Å². The molecule has 3 N–H and O–H groups in total. The van der Waals surface area contributed by atoms with Gasteiger partial charge in [0.1, 0.15) is 29.7 Å². The van der Waals surface area contributed by atoms with Crippen LogP contribution < -0.4 is 19.9 Å². The van der Waals surface area contributed by atoms with Gasteiger partial charge in [-0.15, -0.1) is 5.10 Å². The zero-order chi connectivity index (χ0) is 21.3. The highest BCUT2D eigenvalue weighted by atomic mass is 35.5. The van der Waals surface area contributed by atoms with Crippen LogP contribution in [0.1, 0.15) is 28.3 Å². The predicted octanol–water partition coefficient (Wildman–Crippen LogP) is 4.18. The summed E-state index contributed by atoms with van der Waals surface area (Å²) in [6.45, 7) is 2.14. The van der Waals surface area contributed by atoms with Crippen molar-refractivity contribution in [2.24, 2.45) is 5.73 Å². The van der Waals surface area contributed by atoms with Gasteiger partial charge in [-0.05, 0) is 42.8 Å². The Morgan fingerprint density at radius 2 is 2.13 bits per heavy atom. The summed E-state index contributed by atoms with van der Waals surface area (Å²) in [5, 5.41) is 17.4. The van der Waals surface area contributed by atoms with Crippen LogP contribution in [-0.2, 0) is 6.61 Å². The van der Waals surface area contributed by atoms with Gasteiger partial charge in [0.2, 0.25) is 11.8 Å². The van der Waals surface area contributed by atoms with Gasteiger partial charge in [0.25, 0.3) is 0 Å². The van der Waals surface area contributed by atoms with Gasteiger partial charge in [-0.2, -0.15) is 5.26 Å². The Morgan fingerprint density at radius 3 is 2.87 bits per heavy atom. The van der Waals surface area contributed by atoms with Crippen LogP contribution in [0.4, 0.5) is 0 Å². The number of hydrogen-bond donors (Lipinski definition) is 2. The molecule has 152 valence electrons. The van der Waals surface area contributed by atoms with E-state index in [-0.39, 0.29) is 12.5 Å². The van der Waals surface area contributed by atoms with Crippen LogP contribution in [0.5, 0.6) is 17.4 Å². The van der Waals surface area contributed by atoms with E-state index in [9.17, 15) is 5.26 Å². The number of ether oxygens (including phenoxy) is 3. The zero-order valence-corrected chi connectivity index (χ0v) is 17.2. The van der Waals surface area contributed by atoms with Gasteiger partial charge in [-0.1, -0.05) is 23.7 Å². The molecule has 0 bridgehead atoms. The lowest BCUT2D eigenvalue weighted by Gasteiger charge is -2.24. The van der Waals surface area contributed by atoms with Gasteiger partial charge < -0.3 is 19.9 Å². The van der Waals surface area contributed by atoms with Gasteiger partial charge in [-0.25, -0.2) is 0 Å². The SMILES string of the molecule is COc1ccc(C2C(C#N)=C(N)Oc3n[nH]c(C)c32)cc1COc1cccc(Cl)c1. The third-order valence-corrected chi connectivity index (χ3v) is 5.19. The van der Waals surface area contributed by atoms with Crippen molar-refractivity contribution in [2.75, 3.05) is 7.11 Å². The minimum Gasteiger partial charge on any atom is -0.496 e. The average Bonchev–Trinajstić information content (AvgIpc) is 3.11. The van der Waals surface area contributed by atoms with Gasteiger partial charge in [0, 0.05) is 21.8 Å². The molecule has 1 aliphatic rings. The third-order valence-electron chi connectivity index (χ3n) is 4.96. The Bertz CT molecular complexity index is 1180. The molecule has 0 fully saturated rings. The molecular weight excluding hydrogens is 404 g/mol. The Labute approximate surface area is 178 Å². The van der Waals surface area contributed by atoms with Crippen molar-refractivity contribution in [3.8, 4) is 23.4 Å². The van der Waals surface area contributed by atoms with Gasteiger partial charge in [-0.3, -0.25) is 5.10 Å². The first kappa shape index (κ1) is 19.7. The first-order valence-electron chi connectivity index (χ1n) is 9.19. The molecule has 0 saturated heterocycles. The monoisotopic (exact) mass is 422 g/mol. The number of fused-ring (bicyclic) bond motifs is 1. The van der Waals surface area contributed by atoms with E-state index in [2.05, 4.69) is 16.3 Å². The van der Waals surface area contributed by atoms with E-state index in [1.807, 2.05) is 37.3 Å². The first-order valence-corrected chi connectivity index (χ1v) is 9.57. The van der Waals surface area contributed by atoms with Crippen molar-refractivity contribution in [2.45, 2.75) is 19.4 Å². The molecule has 0 amide bonds. The smallest absolute Gasteiger partial charge is 0.244 e. The minimum atomic E-state index is -0.409. The summed E-state index contributed by atoms with van der Waals surface area (Å²) in [5.74, 6) is 1.34. The Balaban J connectivity index is 1.74. The van der Waals surface area contributed by atoms with Gasteiger partial charge in [0.05, 0.1) is 13.0 Å². The highest BCUT2D eigenvalue weighted by Gasteiger charge is 2.34. The number of aromatic amines is 1. The second-order valence-electron chi connectivity index (χ2n) is 6.81. The number of aromatic nitrogens is 2. The molecule has 30 heavy (non-hydrogen) atoms. The molecule has 0 spiro atoms. The number of H-pyrrole nitrogens is 1. The number of nitriles is 1. The van der Waals surface area contributed by atoms with E-state index in [0.29, 0.717) is 28.0 Å². The van der Waals surface area contributed by atoms with Crippen molar-refractivity contribution >= 4 is 11.6 Å². The Kier molecular flexibility index (Phi) is 5.25. The van der Waals surface area contributed by atoms with Crippen LogP contribution in [0.3, 0.4) is 0 Å². The molecule has 0 radical (unpaired) electrons. The minimum absolute atomic E-state index is 0.0500. The average molecular weight is 423 g/mol. The number of hydrogen-bond acceptors (Lipinski definition) is 6. The first-order chi connectivity index (χ1) is 14.5. The van der Waals surface area contributed by atoms with E-state index in [0.717, 1.165) is 22.4 Å². The Hall–Kier alpha value is -3.63. The summed E-state index contributed by atoms with van der Waals surface area (Å²) in [6.07, 6.45) is 0. The van der Waals surface area contributed by atoms with E-state index < -0.39 is 5.92 Å². The summed E-state index contributed by atoms with van der Waals surface area (Å²) in [5.41, 5.74) is 9.60. The molecule has 7 nitrogen and oxygen atoms in total. The standard InChI is InChI=1S/C22H19ClN4O3/c1-12-19-20(17(10-24)21(25)30-22(19)27-26-12)13-6-7-18(28-2)14(8-13)11-29-16-5-3-4-15(23)9-16/h3-9,20H,11,25H2,1-2H3,(H,26,27). The number of aryl methyl sites for hydroxylation is 1. The summed E-state index contributed by atoms with van der Waals surface area (Å²) >= 11 is 6.04. The molecule has 3 aromatic rings. The molecule has 2 heterocycles. The number of benzene rings is 2. The molecule has 1 aliphatic heterocycles. The zero-order valence-electron chi connectivity index (χ0n) is 16.4. The second kappa shape index (κ2) is 8.01. The van der Waals surface area contributed by atoms with Crippen molar-refractivity contribution in [1.82, 2.24) is 10.2 Å². The topological polar surface area (TPSA) is 106 Å². The molecule has 1 atom stereocenters. The van der Waals surface area contributed by atoms with Crippen LogP contribution in [0.15, 0.2) is 53.9 Å². The number of nitrogens with zero attached hydrogens (tertiary/aromatic N) is 2. The fourth-order valence-corrected chi connectivity index (χ4v) is 3.72. The largest absolute Gasteiger partial charge is 0.496 e. The number of halogens is 1. The Morgan fingerprint density at radius 1 is 1.30 bits per heavy atom. The quantitative estimate of drug-likeness (QED) is 0.638. The van der Waals surface area contributed by atoms with E-state index in [1.54, 1.807) is 19.2 Å². The number of nitrogens with one attached hydrogen (secondary N) is 1. The van der Waals surface area contributed by atoms with E-state index in [4.69, 9.17) is 31.5 Å². The van der Waals surface area contributed by atoms with Crippen LogP contribution in [0, 0.1) is 18.3 Å². The number of allylic oxidation sites excluding steroid dienone is 1. The molecule has 8 heteroatoms. The van der Waals surface area contributed by atoms with Crippen molar-refractivity contribution in [1.29, 1.82) is 5.26 Å². The van der Waals surface area contributed by atoms with Crippen molar-refractivity contribution < 1.29 is 14.2 Å². The molecule has 0 aliphatic carbocycles. The third kappa shape index (κ3) is 3.53. The molecule has 4 rings (SSSR count). The highest BCUT2D eigenvalue weighted by Crippen LogP contribution is 2.43. The van der Waals surface area contributed by atoms with Crippen LogP contribution >= 0.6 is 11.6 Å². The van der Waals surface area contributed by atoms with Crippen molar-refractivity contribution in [3.63, 3.8) is 0 Å². The highest BCUT2D eigenvalue weighted by molar-refractivity contribution is 6.30. The van der Waals surface area contributed by atoms with Crippen molar-refractivity contribution in [3.05, 3.63) is 81.3 Å². The molecule has 0 saturated carbocycles. The normalized spacial score (nSPS) is 15.2. The predicted molar refractivity (Wildman–Crippen MR) is 111 cm³/mol. The lowest BCUT2D eigenvalue weighted by atomic mass is 9.83. The fraction of sp³-hybridized carbons (Fsp3) is 0.182. The summed E-state index contributed by atoms with van der Waals surface area (Å²) < 4.78 is 16.9. The summed E-state index contributed by atoms with van der Waals surface area (Å²) in [6, 6.07) is 15.1. The lowest BCUT2D eigenvalue weighted by molar-refractivity contribution is 0.296.